The van der Waals surface area contributed by atoms with Crippen molar-refractivity contribution in [2.75, 3.05) is 19.6 Å². The zero-order valence-electron chi connectivity index (χ0n) is 15.7. The lowest BCUT2D eigenvalue weighted by Crippen LogP contribution is -2.62. The van der Waals surface area contributed by atoms with Crippen molar-refractivity contribution >= 4 is 5.78 Å². The maximum Gasteiger partial charge on any atom is 0.143 e. The molecular weight excluding hydrogens is 294 g/mol. The van der Waals surface area contributed by atoms with Crippen LogP contribution in [0, 0.1) is 5.41 Å². The molecule has 0 radical (unpaired) electrons. The Bertz CT molecular complexity index is 658. The van der Waals surface area contributed by atoms with E-state index in [2.05, 4.69) is 56.0 Å². The average molecular weight is 325 g/mol. The van der Waals surface area contributed by atoms with E-state index in [1.165, 1.54) is 16.7 Å². The van der Waals surface area contributed by atoms with E-state index in [1.807, 2.05) is 6.92 Å². The van der Waals surface area contributed by atoms with Gasteiger partial charge in [0, 0.05) is 19.5 Å². The van der Waals surface area contributed by atoms with Crippen molar-refractivity contribution in [2.45, 2.75) is 58.8 Å². The van der Waals surface area contributed by atoms with Crippen LogP contribution in [0.25, 0.3) is 0 Å². The van der Waals surface area contributed by atoms with Crippen molar-refractivity contribution in [3.63, 3.8) is 0 Å². The quantitative estimate of drug-likeness (QED) is 0.758. The van der Waals surface area contributed by atoms with Crippen LogP contribution in [0.1, 0.15) is 58.1 Å². The SMILES string of the molecule is CCC(=O)[C@@]12CCN(CC=C(C)C)C[C@]1(C)CCc1ccccc12. The topological polar surface area (TPSA) is 20.3 Å². The molecule has 2 aliphatic rings. The van der Waals surface area contributed by atoms with Crippen LogP contribution in [-0.4, -0.2) is 30.3 Å². The molecule has 0 amide bonds. The summed E-state index contributed by atoms with van der Waals surface area (Å²) in [7, 11) is 0. The van der Waals surface area contributed by atoms with E-state index < -0.39 is 0 Å². The van der Waals surface area contributed by atoms with Crippen LogP contribution < -0.4 is 0 Å². The predicted molar refractivity (Wildman–Crippen MR) is 100 cm³/mol. The lowest BCUT2D eigenvalue weighted by Gasteiger charge is -2.57. The van der Waals surface area contributed by atoms with E-state index in [-0.39, 0.29) is 10.8 Å². The first-order chi connectivity index (χ1) is 11.4. The summed E-state index contributed by atoms with van der Waals surface area (Å²) in [6.45, 7) is 11.8. The van der Waals surface area contributed by atoms with Crippen molar-refractivity contribution in [3.8, 4) is 0 Å². The first-order valence-corrected chi connectivity index (χ1v) is 9.40. The highest BCUT2D eigenvalue weighted by Gasteiger charge is 2.58. The first kappa shape index (κ1) is 17.4. The molecule has 1 aromatic rings. The van der Waals surface area contributed by atoms with Crippen LogP contribution in [0.4, 0.5) is 0 Å². The van der Waals surface area contributed by atoms with E-state index in [0.717, 1.165) is 38.9 Å². The van der Waals surface area contributed by atoms with E-state index >= 15 is 0 Å². The van der Waals surface area contributed by atoms with Gasteiger partial charge < -0.3 is 0 Å². The summed E-state index contributed by atoms with van der Waals surface area (Å²) in [5.41, 5.74) is 3.86. The molecule has 3 rings (SSSR count). The lowest BCUT2D eigenvalue weighted by atomic mass is 9.50. The molecule has 0 saturated carbocycles. The van der Waals surface area contributed by atoms with Crippen LogP contribution in [0.3, 0.4) is 0 Å². The minimum atomic E-state index is -0.280. The normalized spacial score (nSPS) is 29.5. The zero-order chi connectivity index (χ0) is 17.4. The van der Waals surface area contributed by atoms with Crippen molar-refractivity contribution in [3.05, 3.63) is 47.0 Å². The summed E-state index contributed by atoms with van der Waals surface area (Å²) in [6.07, 6.45) is 6.12. The third kappa shape index (κ3) is 2.65. The monoisotopic (exact) mass is 325 g/mol. The van der Waals surface area contributed by atoms with Crippen LogP contribution in [0.2, 0.25) is 0 Å². The van der Waals surface area contributed by atoms with Crippen molar-refractivity contribution < 1.29 is 4.79 Å². The van der Waals surface area contributed by atoms with Crippen molar-refractivity contribution in [2.24, 2.45) is 5.41 Å². The van der Waals surface area contributed by atoms with Gasteiger partial charge in [-0.1, -0.05) is 49.8 Å². The van der Waals surface area contributed by atoms with Crippen molar-refractivity contribution in [1.29, 1.82) is 0 Å². The Balaban J connectivity index is 2.02. The van der Waals surface area contributed by atoms with Gasteiger partial charge in [0.05, 0.1) is 5.41 Å². The molecule has 0 spiro atoms. The Morgan fingerprint density at radius 1 is 1.25 bits per heavy atom. The number of aryl methyl sites for hydroxylation is 1. The minimum absolute atomic E-state index is 0.0438. The molecule has 2 nitrogen and oxygen atoms in total. The van der Waals surface area contributed by atoms with Crippen molar-refractivity contribution in [1.82, 2.24) is 4.90 Å². The number of rotatable bonds is 4. The third-order valence-electron chi connectivity index (χ3n) is 6.38. The number of benzene rings is 1. The molecule has 0 aromatic heterocycles. The molecule has 2 heteroatoms. The zero-order valence-corrected chi connectivity index (χ0v) is 15.7. The predicted octanol–water partition coefficient (Wildman–Crippen LogP) is 4.53. The molecule has 1 saturated heterocycles. The van der Waals surface area contributed by atoms with Crippen LogP contribution in [-0.2, 0) is 16.6 Å². The largest absolute Gasteiger partial charge is 0.299 e. The van der Waals surface area contributed by atoms with Gasteiger partial charge in [-0.3, -0.25) is 9.69 Å². The first-order valence-electron chi connectivity index (χ1n) is 9.40. The number of piperidine rings is 1. The Hall–Kier alpha value is -1.41. The number of allylic oxidation sites excluding steroid dienone is 1. The maximum atomic E-state index is 13.2. The van der Waals surface area contributed by atoms with Gasteiger partial charge in [-0.05, 0) is 56.2 Å². The lowest BCUT2D eigenvalue weighted by molar-refractivity contribution is -0.134. The van der Waals surface area contributed by atoms with Crippen LogP contribution >= 0.6 is 0 Å². The van der Waals surface area contributed by atoms with Gasteiger partial charge in [-0.25, -0.2) is 0 Å². The van der Waals surface area contributed by atoms with E-state index in [9.17, 15) is 4.79 Å². The summed E-state index contributed by atoms with van der Waals surface area (Å²) in [6, 6.07) is 8.70. The molecule has 1 fully saturated rings. The number of carbonyl (C=O) groups is 1. The van der Waals surface area contributed by atoms with Gasteiger partial charge in [-0.15, -0.1) is 0 Å². The smallest absolute Gasteiger partial charge is 0.143 e. The number of likely N-dealkylation sites (tertiary alicyclic amines) is 1. The van der Waals surface area contributed by atoms with Gasteiger partial charge in [0.1, 0.15) is 5.78 Å². The second-order valence-electron chi connectivity index (χ2n) is 8.17. The average Bonchev–Trinajstić information content (AvgIpc) is 2.58. The van der Waals surface area contributed by atoms with Crippen LogP contribution in [0.15, 0.2) is 35.9 Å². The molecule has 0 N–H and O–H groups in total. The molecule has 2 atom stereocenters. The number of hydrogen-bond acceptors (Lipinski definition) is 2. The van der Waals surface area contributed by atoms with Gasteiger partial charge in [-0.2, -0.15) is 0 Å². The van der Waals surface area contributed by atoms with Gasteiger partial charge in [0.15, 0.2) is 0 Å². The molecule has 0 bridgehead atoms. The van der Waals surface area contributed by atoms with Crippen LogP contribution in [0.5, 0.6) is 0 Å². The maximum absolute atomic E-state index is 13.2. The van der Waals surface area contributed by atoms with E-state index in [4.69, 9.17) is 0 Å². The highest BCUT2D eigenvalue weighted by atomic mass is 16.1. The second-order valence-corrected chi connectivity index (χ2v) is 8.17. The second kappa shape index (κ2) is 6.48. The summed E-state index contributed by atoms with van der Waals surface area (Å²) in [4.78, 5) is 15.8. The fraction of sp³-hybridized carbons (Fsp3) is 0.591. The molecule has 0 unspecified atom stereocenters. The number of ketones is 1. The van der Waals surface area contributed by atoms with Gasteiger partial charge >= 0.3 is 0 Å². The molecule has 1 heterocycles. The number of Topliss-reactive ketones (excluding diaryl/α,β-unsaturated/α-hetero) is 1. The van der Waals surface area contributed by atoms with E-state index in [0.29, 0.717) is 12.2 Å². The highest BCUT2D eigenvalue weighted by Crippen LogP contribution is 2.55. The standard InChI is InChI=1S/C22H31NO/c1-5-20(24)22-13-15-23(14-11-17(2)3)16-21(22,4)12-10-18-8-6-7-9-19(18)22/h6-9,11H,5,10,12-16H2,1-4H3/t21-,22-/m0/s1. The number of carbonyl (C=O) groups excluding carboxylic acids is 1. The van der Waals surface area contributed by atoms with Gasteiger partial charge in [0.25, 0.3) is 0 Å². The minimum Gasteiger partial charge on any atom is -0.299 e. The summed E-state index contributed by atoms with van der Waals surface area (Å²) < 4.78 is 0. The number of hydrogen-bond donors (Lipinski definition) is 0. The fourth-order valence-corrected chi connectivity index (χ4v) is 5.05. The third-order valence-corrected chi connectivity index (χ3v) is 6.38. The molecule has 1 aliphatic carbocycles. The summed E-state index contributed by atoms with van der Waals surface area (Å²) >= 11 is 0. The van der Waals surface area contributed by atoms with Gasteiger partial charge in [0.2, 0.25) is 0 Å². The molecule has 1 aromatic carbocycles. The highest BCUT2D eigenvalue weighted by molar-refractivity contribution is 5.92. The van der Waals surface area contributed by atoms with E-state index in [1.54, 1.807) is 0 Å². The Kier molecular flexibility index (Phi) is 4.70. The molecule has 24 heavy (non-hydrogen) atoms. The Labute approximate surface area is 146 Å². The molecule has 1 aliphatic heterocycles. The summed E-state index contributed by atoms with van der Waals surface area (Å²) in [5, 5.41) is 0. The molecular formula is C22H31NO. The molecule has 130 valence electrons. The summed E-state index contributed by atoms with van der Waals surface area (Å²) in [5.74, 6) is 0.444. The Morgan fingerprint density at radius 2 is 2.00 bits per heavy atom. The fourth-order valence-electron chi connectivity index (χ4n) is 5.05. The Morgan fingerprint density at radius 3 is 2.71 bits per heavy atom. The number of fused-ring (bicyclic) bond motifs is 3. The number of nitrogens with zero attached hydrogens (tertiary/aromatic N) is 1.